The van der Waals surface area contributed by atoms with Crippen molar-refractivity contribution in [2.75, 3.05) is 18.6 Å². The van der Waals surface area contributed by atoms with E-state index in [1.807, 2.05) is 13.2 Å². The zero-order valence-electron chi connectivity index (χ0n) is 10.3. The minimum absolute atomic E-state index is 0.0659. The number of hydrogen-bond donors (Lipinski definition) is 1. The van der Waals surface area contributed by atoms with Crippen LogP contribution < -0.4 is 4.72 Å². The van der Waals surface area contributed by atoms with Gasteiger partial charge in [0, 0.05) is 12.7 Å². The molecule has 1 heterocycles. The molecule has 0 aromatic carbocycles. The Bertz CT molecular complexity index is 537. The van der Waals surface area contributed by atoms with Crippen molar-refractivity contribution in [1.82, 2.24) is 9.71 Å². The van der Waals surface area contributed by atoms with E-state index in [1.54, 1.807) is 17.8 Å². The third kappa shape index (κ3) is 3.98. The Kier molecular flexibility index (Phi) is 5.59. The first-order valence-electron chi connectivity index (χ1n) is 5.35. The van der Waals surface area contributed by atoms with E-state index in [9.17, 15) is 8.42 Å². The topological polar surface area (TPSA) is 82.8 Å². The van der Waals surface area contributed by atoms with Crippen molar-refractivity contribution in [2.45, 2.75) is 11.8 Å². The van der Waals surface area contributed by atoms with Crippen LogP contribution in [-0.2, 0) is 10.0 Å². The molecule has 0 radical (unpaired) electrons. The highest BCUT2D eigenvalue weighted by Crippen LogP contribution is 2.12. The number of thioether (sulfide) groups is 1. The monoisotopic (exact) mass is 285 g/mol. The molecule has 0 aliphatic carbocycles. The normalized spacial score (nSPS) is 12.9. The molecular weight excluding hydrogens is 270 g/mol. The van der Waals surface area contributed by atoms with E-state index in [0.29, 0.717) is 6.54 Å². The van der Waals surface area contributed by atoms with Crippen LogP contribution in [0, 0.1) is 17.2 Å². The Morgan fingerprint density at radius 3 is 2.94 bits per heavy atom. The Balaban J connectivity index is 2.84. The predicted octanol–water partition coefficient (Wildman–Crippen LogP) is 1.23. The maximum absolute atomic E-state index is 12.0. The highest BCUT2D eigenvalue weighted by molar-refractivity contribution is 7.98. The van der Waals surface area contributed by atoms with Gasteiger partial charge in [-0.2, -0.15) is 17.0 Å². The molecule has 1 aromatic heterocycles. The Morgan fingerprint density at radius 1 is 1.61 bits per heavy atom. The van der Waals surface area contributed by atoms with Gasteiger partial charge in [0.25, 0.3) is 0 Å². The van der Waals surface area contributed by atoms with Gasteiger partial charge >= 0.3 is 0 Å². The largest absolute Gasteiger partial charge is 0.244 e. The second-order valence-electron chi connectivity index (χ2n) is 3.87. The number of nitrogens with zero attached hydrogens (tertiary/aromatic N) is 2. The Morgan fingerprint density at radius 2 is 2.33 bits per heavy atom. The lowest BCUT2D eigenvalue weighted by Gasteiger charge is -2.12. The number of nitriles is 1. The number of aromatic nitrogens is 1. The van der Waals surface area contributed by atoms with E-state index in [-0.39, 0.29) is 16.5 Å². The third-order valence-corrected chi connectivity index (χ3v) is 4.60. The van der Waals surface area contributed by atoms with E-state index in [1.165, 1.54) is 18.3 Å². The molecule has 7 heteroatoms. The average molecular weight is 285 g/mol. The minimum atomic E-state index is -3.66. The van der Waals surface area contributed by atoms with Crippen LogP contribution in [0.3, 0.4) is 0 Å². The molecule has 0 saturated heterocycles. The molecule has 1 unspecified atom stereocenters. The molecule has 0 aliphatic heterocycles. The van der Waals surface area contributed by atoms with Crippen LogP contribution in [0.5, 0.6) is 0 Å². The molecule has 0 aliphatic rings. The molecule has 0 saturated carbocycles. The predicted molar refractivity (Wildman–Crippen MR) is 71.7 cm³/mol. The molecule has 1 aromatic rings. The molecular formula is C11H15N3O2S2. The second kappa shape index (κ2) is 6.73. The summed E-state index contributed by atoms with van der Waals surface area (Å²) in [5.41, 5.74) is -0.0810. The molecule has 0 bridgehead atoms. The first kappa shape index (κ1) is 15.0. The van der Waals surface area contributed by atoms with Gasteiger partial charge in [-0.1, -0.05) is 6.92 Å². The fraction of sp³-hybridized carbons (Fsp3) is 0.455. The number of hydrogen-bond acceptors (Lipinski definition) is 5. The Labute approximate surface area is 112 Å². The van der Waals surface area contributed by atoms with Crippen molar-refractivity contribution >= 4 is 21.8 Å². The SMILES string of the molecule is CSCC(C)CNS(=O)(=O)c1cccnc1C#N. The lowest BCUT2D eigenvalue weighted by Crippen LogP contribution is -2.30. The summed E-state index contributed by atoms with van der Waals surface area (Å²) in [5, 5.41) is 8.84. The molecule has 1 rings (SSSR count). The number of sulfonamides is 1. The zero-order valence-corrected chi connectivity index (χ0v) is 11.9. The molecule has 98 valence electrons. The van der Waals surface area contributed by atoms with Crippen LogP contribution in [0.4, 0.5) is 0 Å². The molecule has 0 fully saturated rings. The van der Waals surface area contributed by atoms with Crippen molar-refractivity contribution in [3.63, 3.8) is 0 Å². The van der Waals surface area contributed by atoms with Gasteiger partial charge in [0.1, 0.15) is 11.0 Å². The van der Waals surface area contributed by atoms with Gasteiger partial charge in [-0.15, -0.1) is 0 Å². The molecule has 18 heavy (non-hydrogen) atoms. The van der Waals surface area contributed by atoms with Crippen molar-refractivity contribution in [3.05, 3.63) is 24.0 Å². The lowest BCUT2D eigenvalue weighted by molar-refractivity contribution is 0.562. The number of nitrogens with one attached hydrogen (secondary N) is 1. The average Bonchev–Trinajstić information content (AvgIpc) is 2.37. The maximum atomic E-state index is 12.0. The van der Waals surface area contributed by atoms with E-state index >= 15 is 0 Å². The molecule has 1 atom stereocenters. The Hall–Kier alpha value is -1.10. The van der Waals surface area contributed by atoms with Crippen molar-refractivity contribution < 1.29 is 8.42 Å². The van der Waals surface area contributed by atoms with Gasteiger partial charge in [-0.25, -0.2) is 18.1 Å². The third-order valence-electron chi connectivity index (χ3n) is 2.24. The van der Waals surface area contributed by atoms with E-state index in [0.717, 1.165) is 5.75 Å². The molecule has 5 nitrogen and oxygen atoms in total. The minimum Gasteiger partial charge on any atom is -0.244 e. The van der Waals surface area contributed by atoms with Crippen molar-refractivity contribution in [1.29, 1.82) is 5.26 Å². The van der Waals surface area contributed by atoms with Crippen molar-refractivity contribution in [3.8, 4) is 6.07 Å². The van der Waals surface area contributed by atoms with Gasteiger partial charge in [0.2, 0.25) is 10.0 Å². The van der Waals surface area contributed by atoms with Gasteiger partial charge in [-0.05, 0) is 30.1 Å². The van der Waals surface area contributed by atoms with Crippen LogP contribution >= 0.6 is 11.8 Å². The summed E-state index contributed by atoms with van der Waals surface area (Å²) >= 11 is 1.66. The van der Waals surface area contributed by atoms with Gasteiger partial charge in [0.15, 0.2) is 5.69 Å². The standard InChI is InChI=1S/C11H15N3O2S2/c1-9(8-17-2)7-14-18(15,16)11-4-3-5-13-10(11)6-12/h3-5,9,14H,7-8H2,1-2H3. The van der Waals surface area contributed by atoms with E-state index < -0.39 is 10.0 Å². The van der Waals surface area contributed by atoms with Gasteiger partial charge in [-0.3, -0.25) is 0 Å². The van der Waals surface area contributed by atoms with Crippen LogP contribution in [0.25, 0.3) is 0 Å². The quantitative estimate of drug-likeness (QED) is 0.850. The van der Waals surface area contributed by atoms with Crippen molar-refractivity contribution in [2.24, 2.45) is 5.92 Å². The number of pyridine rings is 1. The summed E-state index contributed by atoms with van der Waals surface area (Å²) in [6.07, 6.45) is 3.37. The highest BCUT2D eigenvalue weighted by atomic mass is 32.2. The summed E-state index contributed by atoms with van der Waals surface area (Å²) in [7, 11) is -3.66. The van der Waals surface area contributed by atoms with Crippen LogP contribution in [0.1, 0.15) is 12.6 Å². The highest BCUT2D eigenvalue weighted by Gasteiger charge is 2.19. The van der Waals surface area contributed by atoms with E-state index in [4.69, 9.17) is 5.26 Å². The van der Waals surface area contributed by atoms with Crippen LogP contribution in [0.2, 0.25) is 0 Å². The second-order valence-corrected chi connectivity index (χ2v) is 6.52. The van der Waals surface area contributed by atoms with Crippen LogP contribution in [-0.4, -0.2) is 32.0 Å². The van der Waals surface area contributed by atoms with E-state index in [2.05, 4.69) is 9.71 Å². The summed E-state index contributed by atoms with van der Waals surface area (Å²) in [4.78, 5) is 3.68. The summed E-state index contributed by atoms with van der Waals surface area (Å²) in [6, 6.07) is 4.66. The van der Waals surface area contributed by atoms with Crippen LogP contribution in [0.15, 0.2) is 23.2 Å². The summed E-state index contributed by atoms with van der Waals surface area (Å²) in [5.74, 6) is 1.11. The maximum Gasteiger partial charge on any atom is 0.243 e. The smallest absolute Gasteiger partial charge is 0.243 e. The van der Waals surface area contributed by atoms with Gasteiger partial charge in [0.05, 0.1) is 0 Å². The zero-order chi connectivity index (χ0) is 13.6. The molecule has 0 spiro atoms. The molecule has 0 amide bonds. The fourth-order valence-corrected chi connectivity index (χ4v) is 3.32. The summed E-state index contributed by atoms with van der Waals surface area (Å²) in [6.45, 7) is 2.32. The molecule has 1 N–H and O–H groups in total. The fourth-order valence-electron chi connectivity index (χ4n) is 1.36. The first-order valence-corrected chi connectivity index (χ1v) is 8.22. The lowest BCUT2D eigenvalue weighted by atomic mass is 10.2. The summed E-state index contributed by atoms with van der Waals surface area (Å²) < 4.78 is 26.5. The van der Waals surface area contributed by atoms with Gasteiger partial charge < -0.3 is 0 Å². The first-order chi connectivity index (χ1) is 8.51. The number of rotatable bonds is 6.